The van der Waals surface area contributed by atoms with Crippen molar-refractivity contribution in [3.63, 3.8) is 0 Å². The zero-order valence-corrected chi connectivity index (χ0v) is 10.5. The highest BCUT2D eigenvalue weighted by Crippen LogP contribution is 2.18. The van der Waals surface area contributed by atoms with Gasteiger partial charge in [-0.3, -0.25) is 0 Å². The molecule has 0 fully saturated rings. The summed E-state index contributed by atoms with van der Waals surface area (Å²) >= 11 is 3.25. The van der Waals surface area contributed by atoms with Gasteiger partial charge in [0.2, 0.25) is 0 Å². The first-order chi connectivity index (χ1) is 7.78. The second kappa shape index (κ2) is 5.07. The Balaban J connectivity index is 1.94. The van der Waals surface area contributed by atoms with Crippen LogP contribution < -0.4 is 10.1 Å². The summed E-state index contributed by atoms with van der Waals surface area (Å²) in [5, 5.41) is 3.05. The minimum Gasteiger partial charge on any atom is -0.486 e. The Morgan fingerprint density at radius 2 is 1.94 bits per heavy atom. The molecule has 0 atom stereocenters. The molecule has 16 heavy (non-hydrogen) atoms. The molecule has 1 aromatic heterocycles. The van der Waals surface area contributed by atoms with Crippen LogP contribution in [-0.4, -0.2) is 7.05 Å². The number of ether oxygens (including phenoxy) is 1. The Morgan fingerprint density at radius 3 is 2.50 bits per heavy atom. The van der Waals surface area contributed by atoms with Crippen molar-refractivity contribution >= 4 is 21.6 Å². The number of halogens is 1. The van der Waals surface area contributed by atoms with E-state index in [1.165, 1.54) is 0 Å². The van der Waals surface area contributed by atoms with E-state index in [1.54, 1.807) is 0 Å². The molecule has 3 nitrogen and oxygen atoms in total. The molecule has 2 aromatic rings. The van der Waals surface area contributed by atoms with Crippen molar-refractivity contribution in [1.82, 2.24) is 0 Å². The lowest BCUT2D eigenvalue weighted by atomic mass is 10.3. The molecule has 0 unspecified atom stereocenters. The number of nitrogens with one attached hydrogen (secondary N) is 1. The van der Waals surface area contributed by atoms with Crippen molar-refractivity contribution in [3.05, 3.63) is 46.8 Å². The molecule has 0 bridgehead atoms. The van der Waals surface area contributed by atoms with E-state index in [9.17, 15) is 0 Å². The zero-order chi connectivity index (χ0) is 11.4. The van der Waals surface area contributed by atoms with Crippen LogP contribution in [0.25, 0.3) is 0 Å². The topological polar surface area (TPSA) is 34.4 Å². The normalized spacial score (nSPS) is 10.1. The summed E-state index contributed by atoms with van der Waals surface area (Å²) in [6.07, 6.45) is 0. The van der Waals surface area contributed by atoms with E-state index >= 15 is 0 Å². The summed E-state index contributed by atoms with van der Waals surface area (Å²) in [6.45, 7) is 0.435. The molecule has 0 saturated heterocycles. The standard InChI is InChI=1S/C12H12BrNO2/c1-14-9-2-4-10(5-3-9)15-8-11-6-7-12(13)16-11/h2-7,14H,8H2,1H3. The van der Waals surface area contributed by atoms with Gasteiger partial charge in [-0.15, -0.1) is 0 Å². The fourth-order valence-electron chi connectivity index (χ4n) is 1.30. The first kappa shape index (κ1) is 11.1. The summed E-state index contributed by atoms with van der Waals surface area (Å²) in [4.78, 5) is 0. The summed E-state index contributed by atoms with van der Waals surface area (Å²) in [6, 6.07) is 11.5. The van der Waals surface area contributed by atoms with Crippen molar-refractivity contribution in [2.24, 2.45) is 0 Å². The van der Waals surface area contributed by atoms with Gasteiger partial charge in [0.15, 0.2) is 4.67 Å². The first-order valence-electron chi connectivity index (χ1n) is 4.93. The molecule has 0 spiro atoms. The average molecular weight is 282 g/mol. The number of benzene rings is 1. The van der Waals surface area contributed by atoms with Gasteiger partial charge in [-0.1, -0.05) is 0 Å². The first-order valence-corrected chi connectivity index (χ1v) is 5.72. The molecule has 0 saturated carbocycles. The molecule has 1 aromatic carbocycles. The van der Waals surface area contributed by atoms with E-state index in [4.69, 9.17) is 9.15 Å². The smallest absolute Gasteiger partial charge is 0.169 e. The van der Waals surface area contributed by atoms with Crippen molar-refractivity contribution < 1.29 is 9.15 Å². The maximum atomic E-state index is 5.56. The number of anilines is 1. The molecule has 0 amide bonds. The van der Waals surface area contributed by atoms with Gasteiger partial charge >= 0.3 is 0 Å². The second-order valence-corrected chi connectivity index (χ2v) is 4.05. The molecule has 0 aliphatic rings. The Hall–Kier alpha value is -1.42. The quantitative estimate of drug-likeness (QED) is 0.929. The van der Waals surface area contributed by atoms with Crippen LogP contribution in [0.4, 0.5) is 5.69 Å². The molecule has 2 rings (SSSR count). The summed E-state index contributed by atoms with van der Waals surface area (Å²) in [5.74, 6) is 1.62. The summed E-state index contributed by atoms with van der Waals surface area (Å²) in [5.41, 5.74) is 1.06. The maximum absolute atomic E-state index is 5.56. The van der Waals surface area contributed by atoms with Crippen LogP contribution in [0.3, 0.4) is 0 Å². The monoisotopic (exact) mass is 281 g/mol. The highest BCUT2D eigenvalue weighted by Gasteiger charge is 2.00. The lowest BCUT2D eigenvalue weighted by Gasteiger charge is -2.05. The highest BCUT2D eigenvalue weighted by atomic mass is 79.9. The lowest BCUT2D eigenvalue weighted by Crippen LogP contribution is -1.94. The number of rotatable bonds is 4. The molecule has 1 heterocycles. The minimum absolute atomic E-state index is 0.435. The van der Waals surface area contributed by atoms with Gasteiger partial charge in [0.25, 0.3) is 0 Å². The third kappa shape index (κ3) is 2.79. The van der Waals surface area contributed by atoms with Crippen LogP contribution >= 0.6 is 15.9 Å². The lowest BCUT2D eigenvalue weighted by molar-refractivity contribution is 0.268. The molecule has 0 aliphatic heterocycles. The molecular weight excluding hydrogens is 270 g/mol. The fraction of sp³-hybridized carbons (Fsp3) is 0.167. The van der Waals surface area contributed by atoms with Crippen LogP contribution in [0.5, 0.6) is 5.75 Å². The largest absolute Gasteiger partial charge is 0.486 e. The number of furan rings is 1. The van der Waals surface area contributed by atoms with Crippen LogP contribution in [0.1, 0.15) is 5.76 Å². The average Bonchev–Trinajstić information content (AvgIpc) is 2.73. The molecule has 4 heteroatoms. The Labute approximate surface area is 103 Å². The van der Waals surface area contributed by atoms with E-state index in [1.807, 2.05) is 43.4 Å². The summed E-state index contributed by atoms with van der Waals surface area (Å²) < 4.78 is 11.6. The van der Waals surface area contributed by atoms with Crippen LogP contribution in [0, 0.1) is 0 Å². The molecular formula is C12H12BrNO2. The SMILES string of the molecule is CNc1ccc(OCc2ccc(Br)o2)cc1. The van der Waals surface area contributed by atoms with Gasteiger partial charge in [0.1, 0.15) is 18.1 Å². The molecule has 1 N–H and O–H groups in total. The Morgan fingerprint density at radius 1 is 1.19 bits per heavy atom. The van der Waals surface area contributed by atoms with E-state index in [2.05, 4.69) is 21.2 Å². The van der Waals surface area contributed by atoms with E-state index in [-0.39, 0.29) is 0 Å². The fourth-order valence-corrected chi connectivity index (χ4v) is 1.64. The van der Waals surface area contributed by atoms with Crippen molar-refractivity contribution in [1.29, 1.82) is 0 Å². The maximum Gasteiger partial charge on any atom is 0.169 e. The van der Waals surface area contributed by atoms with Crippen LogP contribution in [0.2, 0.25) is 0 Å². The third-order valence-electron chi connectivity index (χ3n) is 2.15. The van der Waals surface area contributed by atoms with Gasteiger partial charge in [-0.25, -0.2) is 0 Å². The van der Waals surface area contributed by atoms with Crippen molar-refractivity contribution in [2.75, 3.05) is 12.4 Å². The Kier molecular flexibility index (Phi) is 3.51. The van der Waals surface area contributed by atoms with Gasteiger partial charge in [0, 0.05) is 12.7 Å². The predicted molar refractivity (Wildman–Crippen MR) is 66.7 cm³/mol. The van der Waals surface area contributed by atoms with Crippen molar-refractivity contribution in [2.45, 2.75) is 6.61 Å². The zero-order valence-electron chi connectivity index (χ0n) is 8.87. The minimum atomic E-state index is 0.435. The van der Waals surface area contributed by atoms with Gasteiger partial charge in [-0.05, 0) is 52.3 Å². The van der Waals surface area contributed by atoms with Gasteiger partial charge in [-0.2, -0.15) is 0 Å². The van der Waals surface area contributed by atoms with Crippen LogP contribution in [-0.2, 0) is 6.61 Å². The van der Waals surface area contributed by atoms with Gasteiger partial charge in [0.05, 0.1) is 0 Å². The third-order valence-corrected chi connectivity index (χ3v) is 2.58. The predicted octanol–water partition coefficient (Wildman–Crippen LogP) is 3.66. The molecule has 84 valence electrons. The molecule has 0 aliphatic carbocycles. The Bertz CT molecular complexity index is 450. The number of hydrogen-bond acceptors (Lipinski definition) is 3. The van der Waals surface area contributed by atoms with Crippen molar-refractivity contribution in [3.8, 4) is 5.75 Å². The number of hydrogen-bond donors (Lipinski definition) is 1. The summed E-state index contributed by atoms with van der Waals surface area (Å²) in [7, 11) is 1.89. The van der Waals surface area contributed by atoms with E-state index in [0.717, 1.165) is 21.9 Å². The van der Waals surface area contributed by atoms with Crippen LogP contribution in [0.15, 0.2) is 45.5 Å². The van der Waals surface area contributed by atoms with Gasteiger partial charge < -0.3 is 14.5 Å². The van der Waals surface area contributed by atoms with E-state index in [0.29, 0.717) is 6.61 Å². The molecule has 0 radical (unpaired) electrons. The van der Waals surface area contributed by atoms with E-state index < -0.39 is 0 Å². The second-order valence-electron chi connectivity index (χ2n) is 3.27. The highest BCUT2D eigenvalue weighted by molar-refractivity contribution is 9.10.